The van der Waals surface area contributed by atoms with E-state index >= 15 is 0 Å². The van der Waals surface area contributed by atoms with Gasteiger partial charge in [0.05, 0.1) is 0 Å². The van der Waals surface area contributed by atoms with Crippen LogP contribution in [0.15, 0.2) is 66.3 Å². The molecule has 1 aliphatic carbocycles. The number of hydrogen-bond donors (Lipinski definition) is 0. The van der Waals surface area contributed by atoms with E-state index in [-0.39, 0.29) is 0 Å². The van der Waals surface area contributed by atoms with Crippen LogP contribution in [0.2, 0.25) is 0 Å². The van der Waals surface area contributed by atoms with E-state index in [1.54, 1.807) is 0 Å². The van der Waals surface area contributed by atoms with E-state index in [9.17, 15) is 0 Å². The van der Waals surface area contributed by atoms with E-state index < -0.39 is 0 Å². The summed E-state index contributed by atoms with van der Waals surface area (Å²) in [7, 11) is 0. The molecule has 19 heavy (non-hydrogen) atoms. The zero-order valence-electron chi connectivity index (χ0n) is 12.6. The van der Waals surface area contributed by atoms with E-state index in [2.05, 4.69) is 74.6 Å². The molecule has 0 radical (unpaired) electrons. The van der Waals surface area contributed by atoms with Crippen molar-refractivity contribution in [1.29, 1.82) is 0 Å². The molecule has 0 aliphatic heterocycles. The molecule has 0 amide bonds. The average molecular weight is 254 g/mol. The zero-order chi connectivity index (χ0) is 14.1. The summed E-state index contributed by atoms with van der Waals surface area (Å²) in [5, 5.41) is 0. The standard InChI is InChI=1S/C17H20.C2H6/c1-3-17(15-9-5-4-6-10-15)16-11-7-8-14(2)12-13-16;1-2/h4-14,17H,3H2,1-2H3;1-2H3. The highest BCUT2D eigenvalue weighted by Crippen LogP contribution is 2.29. The third kappa shape index (κ3) is 4.55. The van der Waals surface area contributed by atoms with Crippen molar-refractivity contribution in [2.24, 2.45) is 5.92 Å². The van der Waals surface area contributed by atoms with Gasteiger partial charge in [-0.2, -0.15) is 0 Å². The molecule has 102 valence electrons. The molecule has 1 aliphatic rings. The largest absolute Gasteiger partial charge is 0.0779 e. The van der Waals surface area contributed by atoms with Crippen molar-refractivity contribution in [2.45, 2.75) is 40.0 Å². The fraction of sp³-hybridized carbons (Fsp3) is 0.368. The molecule has 0 heteroatoms. The van der Waals surface area contributed by atoms with Gasteiger partial charge in [-0.25, -0.2) is 0 Å². The summed E-state index contributed by atoms with van der Waals surface area (Å²) >= 11 is 0. The van der Waals surface area contributed by atoms with Crippen molar-refractivity contribution in [1.82, 2.24) is 0 Å². The molecule has 0 N–H and O–H groups in total. The van der Waals surface area contributed by atoms with Crippen LogP contribution in [0.25, 0.3) is 0 Å². The zero-order valence-corrected chi connectivity index (χ0v) is 12.6. The normalized spacial score (nSPS) is 18.9. The van der Waals surface area contributed by atoms with Gasteiger partial charge >= 0.3 is 0 Å². The Morgan fingerprint density at radius 2 is 1.74 bits per heavy atom. The molecule has 0 nitrogen and oxygen atoms in total. The van der Waals surface area contributed by atoms with E-state index in [1.807, 2.05) is 13.8 Å². The van der Waals surface area contributed by atoms with Crippen molar-refractivity contribution < 1.29 is 0 Å². The predicted molar refractivity (Wildman–Crippen MR) is 86.3 cm³/mol. The maximum atomic E-state index is 2.28. The predicted octanol–water partition coefficient (Wildman–Crippen LogP) is 5.89. The van der Waals surface area contributed by atoms with Gasteiger partial charge in [0.2, 0.25) is 0 Å². The number of allylic oxidation sites excluding steroid dienone is 6. The molecule has 2 atom stereocenters. The second-order valence-corrected chi connectivity index (χ2v) is 4.64. The molecule has 2 unspecified atom stereocenters. The summed E-state index contributed by atoms with van der Waals surface area (Å²) in [6, 6.07) is 10.8. The minimum atomic E-state index is 0.516. The molecule has 0 fully saturated rings. The Kier molecular flexibility index (Phi) is 6.95. The summed E-state index contributed by atoms with van der Waals surface area (Å²) in [5.41, 5.74) is 2.83. The number of hydrogen-bond acceptors (Lipinski definition) is 0. The second-order valence-electron chi connectivity index (χ2n) is 4.64. The van der Waals surface area contributed by atoms with E-state index in [0.29, 0.717) is 11.8 Å². The quantitative estimate of drug-likeness (QED) is 0.630. The lowest BCUT2D eigenvalue weighted by Gasteiger charge is -2.16. The molecule has 0 bridgehead atoms. The van der Waals surface area contributed by atoms with Gasteiger partial charge in [0.15, 0.2) is 0 Å². The first-order valence-electron chi connectivity index (χ1n) is 7.42. The fourth-order valence-electron chi connectivity index (χ4n) is 2.31. The first kappa shape index (κ1) is 15.5. The Morgan fingerprint density at radius 3 is 2.37 bits per heavy atom. The Bertz CT molecular complexity index is 434. The summed E-state index contributed by atoms with van der Waals surface area (Å²) in [5.74, 6) is 1.06. The van der Waals surface area contributed by atoms with Crippen LogP contribution in [-0.4, -0.2) is 0 Å². The van der Waals surface area contributed by atoms with Gasteiger partial charge in [-0.05, 0) is 23.5 Å². The van der Waals surface area contributed by atoms with Crippen LogP contribution in [-0.2, 0) is 0 Å². The van der Waals surface area contributed by atoms with Gasteiger partial charge in [0, 0.05) is 5.92 Å². The summed E-state index contributed by atoms with van der Waals surface area (Å²) in [6.07, 6.45) is 12.4. The average Bonchev–Trinajstić information content (AvgIpc) is 2.68. The smallest absolute Gasteiger partial charge is 0.00866 e. The number of rotatable bonds is 3. The summed E-state index contributed by atoms with van der Waals surface area (Å²) in [6.45, 7) is 8.47. The minimum Gasteiger partial charge on any atom is -0.0779 e. The van der Waals surface area contributed by atoms with Crippen LogP contribution >= 0.6 is 0 Å². The lowest BCUT2D eigenvalue weighted by Crippen LogP contribution is -1.99. The van der Waals surface area contributed by atoms with Crippen molar-refractivity contribution in [3.05, 3.63) is 71.8 Å². The van der Waals surface area contributed by atoms with Crippen LogP contribution in [0.4, 0.5) is 0 Å². The van der Waals surface area contributed by atoms with Gasteiger partial charge in [0.25, 0.3) is 0 Å². The van der Waals surface area contributed by atoms with Crippen molar-refractivity contribution in [3.63, 3.8) is 0 Å². The maximum absolute atomic E-state index is 2.28. The Hall–Kier alpha value is -1.56. The monoisotopic (exact) mass is 254 g/mol. The molecule has 0 saturated carbocycles. The van der Waals surface area contributed by atoms with Crippen LogP contribution in [0.1, 0.15) is 45.6 Å². The fourth-order valence-corrected chi connectivity index (χ4v) is 2.31. The topological polar surface area (TPSA) is 0 Å². The highest BCUT2D eigenvalue weighted by Gasteiger charge is 2.12. The van der Waals surface area contributed by atoms with Gasteiger partial charge in [-0.15, -0.1) is 0 Å². The first-order valence-corrected chi connectivity index (χ1v) is 7.42. The summed E-state index contributed by atoms with van der Waals surface area (Å²) in [4.78, 5) is 0. The Labute approximate surface area is 118 Å². The Balaban J connectivity index is 0.000000861. The molecule has 0 aromatic heterocycles. The van der Waals surface area contributed by atoms with Gasteiger partial charge in [-0.1, -0.05) is 88.4 Å². The number of benzene rings is 1. The van der Waals surface area contributed by atoms with E-state index in [1.165, 1.54) is 11.1 Å². The third-order valence-corrected chi connectivity index (χ3v) is 3.31. The van der Waals surface area contributed by atoms with Gasteiger partial charge < -0.3 is 0 Å². The molecule has 0 saturated heterocycles. The lowest BCUT2D eigenvalue weighted by molar-refractivity contribution is 0.775. The van der Waals surface area contributed by atoms with Crippen LogP contribution in [0.5, 0.6) is 0 Å². The molecule has 0 heterocycles. The minimum absolute atomic E-state index is 0.516. The van der Waals surface area contributed by atoms with Crippen LogP contribution in [0.3, 0.4) is 0 Å². The summed E-state index contributed by atoms with van der Waals surface area (Å²) < 4.78 is 0. The highest BCUT2D eigenvalue weighted by atomic mass is 14.2. The van der Waals surface area contributed by atoms with E-state index in [4.69, 9.17) is 0 Å². The molecule has 1 aromatic rings. The Morgan fingerprint density at radius 1 is 1.05 bits per heavy atom. The molecule has 1 aromatic carbocycles. The van der Waals surface area contributed by atoms with Crippen LogP contribution in [0, 0.1) is 5.92 Å². The van der Waals surface area contributed by atoms with E-state index in [0.717, 1.165) is 6.42 Å². The van der Waals surface area contributed by atoms with Crippen molar-refractivity contribution in [3.8, 4) is 0 Å². The SMILES string of the molecule is CC.CCC(C1=CC=CC(C)C=C1)c1ccccc1. The molecular formula is C19H26. The maximum Gasteiger partial charge on any atom is 0.00866 e. The lowest BCUT2D eigenvalue weighted by atomic mass is 9.88. The van der Waals surface area contributed by atoms with Crippen LogP contribution < -0.4 is 0 Å². The molecule has 0 spiro atoms. The third-order valence-electron chi connectivity index (χ3n) is 3.31. The second kappa shape index (κ2) is 8.53. The van der Waals surface area contributed by atoms with Gasteiger partial charge in [0.1, 0.15) is 0 Å². The van der Waals surface area contributed by atoms with Crippen molar-refractivity contribution in [2.75, 3.05) is 0 Å². The molecular weight excluding hydrogens is 228 g/mol. The first-order chi connectivity index (χ1) is 9.31. The molecule has 2 rings (SSSR count). The van der Waals surface area contributed by atoms with Gasteiger partial charge in [-0.3, -0.25) is 0 Å². The van der Waals surface area contributed by atoms with Crippen molar-refractivity contribution >= 4 is 0 Å². The highest BCUT2D eigenvalue weighted by molar-refractivity contribution is 5.38.